The van der Waals surface area contributed by atoms with Gasteiger partial charge in [0.05, 0.1) is 5.56 Å². The van der Waals surface area contributed by atoms with Gasteiger partial charge in [-0.25, -0.2) is 4.39 Å². The molecule has 0 saturated carbocycles. The molecule has 4 nitrogen and oxygen atoms in total. The minimum Gasteiger partial charge on any atom is -0.418 e. The van der Waals surface area contributed by atoms with Crippen LogP contribution in [0.2, 0.25) is 0 Å². The van der Waals surface area contributed by atoms with E-state index in [-0.39, 0.29) is 11.9 Å². The summed E-state index contributed by atoms with van der Waals surface area (Å²) in [6, 6.07) is 22.0. The Morgan fingerprint density at radius 2 is 1.61 bits per heavy atom. The molecule has 0 fully saturated rings. The quantitative estimate of drug-likeness (QED) is 0.488. The standard InChI is InChI=1S/C23H20FN3O/c1-15-12-13-18(14-16(15)2)25-21(17-8-4-3-5-9-17)23-27-26-22(28-23)19-10-6-7-11-20(19)24/h3-14,21,25H,1-2H3. The third kappa shape index (κ3) is 3.64. The lowest BCUT2D eigenvalue weighted by molar-refractivity contribution is 0.490. The average molecular weight is 373 g/mol. The van der Waals surface area contributed by atoms with Gasteiger partial charge in [0.25, 0.3) is 5.89 Å². The van der Waals surface area contributed by atoms with Crippen LogP contribution < -0.4 is 5.32 Å². The molecule has 1 heterocycles. The Kier molecular flexibility index (Phi) is 4.89. The maximum absolute atomic E-state index is 14.1. The van der Waals surface area contributed by atoms with Gasteiger partial charge in [-0.15, -0.1) is 10.2 Å². The highest BCUT2D eigenvalue weighted by atomic mass is 19.1. The topological polar surface area (TPSA) is 51.0 Å². The van der Waals surface area contributed by atoms with E-state index >= 15 is 0 Å². The molecule has 1 N–H and O–H groups in total. The predicted octanol–water partition coefficient (Wildman–Crippen LogP) is 5.69. The molecule has 0 spiro atoms. The zero-order valence-electron chi connectivity index (χ0n) is 15.7. The van der Waals surface area contributed by atoms with Crippen LogP contribution >= 0.6 is 0 Å². The number of aryl methyl sites for hydroxylation is 2. The lowest BCUT2D eigenvalue weighted by Gasteiger charge is -2.18. The first-order chi connectivity index (χ1) is 13.6. The zero-order chi connectivity index (χ0) is 19.5. The van der Waals surface area contributed by atoms with Crippen LogP contribution in [0.4, 0.5) is 10.1 Å². The van der Waals surface area contributed by atoms with Crippen molar-refractivity contribution >= 4 is 5.69 Å². The summed E-state index contributed by atoms with van der Waals surface area (Å²) in [6.45, 7) is 4.15. The first kappa shape index (κ1) is 17.9. The Morgan fingerprint density at radius 1 is 0.857 bits per heavy atom. The summed E-state index contributed by atoms with van der Waals surface area (Å²) in [6.07, 6.45) is 0. The molecule has 3 aromatic carbocycles. The minimum atomic E-state index is -0.393. The Hall–Kier alpha value is -3.47. The zero-order valence-corrected chi connectivity index (χ0v) is 15.7. The van der Waals surface area contributed by atoms with E-state index in [1.807, 2.05) is 36.4 Å². The van der Waals surface area contributed by atoms with Crippen LogP contribution in [0.25, 0.3) is 11.5 Å². The Labute approximate surface area is 163 Å². The number of hydrogen-bond donors (Lipinski definition) is 1. The summed E-state index contributed by atoms with van der Waals surface area (Å²) >= 11 is 0. The van der Waals surface area contributed by atoms with E-state index in [4.69, 9.17) is 4.42 Å². The average Bonchev–Trinajstić information content (AvgIpc) is 3.19. The summed E-state index contributed by atoms with van der Waals surface area (Å²) < 4.78 is 20.0. The summed E-state index contributed by atoms with van der Waals surface area (Å²) in [4.78, 5) is 0. The van der Waals surface area contributed by atoms with Crippen LogP contribution in [0.3, 0.4) is 0 Å². The van der Waals surface area contributed by atoms with Crippen molar-refractivity contribution in [3.8, 4) is 11.5 Å². The van der Waals surface area contributed by atoms with E-state index in [1.165, 1.54) is 17.2 Å². The molecule has 0 aliphatic carbocycles. The van der Waals surface area contributed by atoms with Crippen LogP contribution in [-0.4, -0.2) is 10.2 Å². The maximum atomic E-state index is 14.1. The van der Waals surface area contributed by atoms with Crippen molar-refractivity contribution < 1.29 is 8.81 Å². The van der Waals surface area contributed by atoms with Gasteiger partial charge in [-0.05, 0) is 54.8 Å². The van der Waals surface area contributed by atoms with Crippen LogP contribution in [0.5, 0.6) is 0 Å². The molecule has 1 atom stereocenters. The second-order valence-electron chi connectivity index (χ2n) is 6.71. The molecule has 0 aliphatic rings. The van der Waals surface area contributed by atoms with Crippen LogP contribution in [0.15, 0.2) is 77.2 Å². The number of nitrogens with one attached hydrogen (secondary N) is 1. The monoisotopic (exact) mass is 373 g/mol. The minimum absolute atomic E-state index is 0.163. The highest BCUT2D eigenvalue weighted by molar-refractivity contribution is 5.54. The molecule has 28 heavy (non-hydrogen) atoms. The second-order valence-corrected chi connectivity index (χ2v) is 6.71. The van der Waals surface area contributed by atoms with Gasteiger partial charge < -0.3 is 9.73 Å². The number of halogens is 1. The summed E-state index contributed by atoms with van der Waals surface area (Å²) in [5.41, 5.74) is 4.63. The molecule has 1 aromatic heterocycles. The molecule has 0 amide bonds. The molecule has 5 heteroatoms. The molecule has 1 unspecified atom stereocenters. The Morgan fingerprint density at radius 3 is 2.36 bits per heavy atom. The Bertz CT molecular complexity index is 1090. The Balaban J connectivity index is 1.72. The highest BCUT2D eigenvalue weighted by Gasteiger charge is 2.22. The smallest absolute Gasteiger partial charge is 0.250 e. The van der Waals surface area contributed by atoms with Crippen LogP contribution in [0.1, 0.15) is 28.6 Å². The van der Waals surface area contributed by atoms with E-state index in [1.54, 1.807) is 18.2 Å². The lowest BCUT2D eigenvalue weighted by Crippen LogP contribution is -2.13. The van der Waals surface area contributed by atoms with Gasteiger partial charge in [-0.1, -0.05) is 48.5 Å². The molecule has 4 aromatic rings. The highest BCUT2D eigenvalue weighted by Crippen LogP contribution is 2.29. The predicted molar refractivity (Wildman–Crippen MR) is 108 cm³/mol. The third-order valence-electron chi connectivity index (χ3n) is 4.74. The van der Waals surface area contributed by atoms with Crippen molar-refractivity contribution in [3.05, 3.63) is 101 Å². The van der Waals surface area contributed by atoms with Gasteiger partial charge >= 0.3 is 0 Å². The summed E-state index contributed by atoms with van der Waals surface area (Å²) in [5, 5.41) is 11.7. The van der Waals surface area contributed by atoms with E-state index < -0.39 is 5.82 Å². The van der Waals surface area contributed by atoms with E-state index in [0.717, 1.165) is 11.3 Å². The first-order valence-electron chi connectivity index (χ1n) is 9.09. The molecule has 0 radical (unpaired) electrons. The number of anilines is 1. The van der Waals surface area contributed by atoms with Crippen molar-refractivity contribution in [3.63, 3.8) is 0 Å². The summed E-state index contributed by atoms with van der Waals surface area (Å²) in [7, 11) is 0. The van der Waals surface area contributed by atoms with Crippen molar-refractivity contribution in [2.75, 3.05) is 5.32 Å². The molecular weight excluding hydrogens is 353 g/mol. The fourth-order valence-corrected chi connectivity index (χ4v) is 3.03. The van der Waals surface area contributed by atoms with Gasteiger partial charge in [-0.3, -0.25) is 0 Å². The fraction of sp³-hybridized carbons (Fsp3) is 0.130. The second kappa shape index (κ2) is 7.64. The van der Waals surface area contributed by atoms with Crippen LogP contribution in [-0.2, 0) is 0 Å². The van der Waals surface area contributed by atoms with Crippen molar-refractivity contribution in [1.29, 1.82) is 0 Å². The van der Waals surface area contributed by atoms with E-state index in [2.05, 4.69) is 41.5 Å². The first-order valence-corrected chi connectivity index (χ1v) is 9.09. The van der Waals surface area contributed by atoms with Crippen LogP contribution in [0, 0.1) is 19.7 Å². The van der Waals surface area contributed by atoms with E-state index in [0.29, 0.717) is 11.5 Å². The van der Waals surface area contributed by atoms with E-state index in [9.17, 15) is 4.39 Å². The number of benzene rings is 3. The maximum Gasteiger partial charge on any atom is 0.250 e. The normalized spacial score (nSPS) is 12.0. The lowest BCUT2D eigenvalue weighted by atomic mass is 10.1. The van der Waals surface area contributed by atoms with Gasteiger partial charge in [0.2, 0.25) is 5.89 Å². The number of aromatic nitrogens is 2. The number of nitrogens with zero attached hydrogens (tertiary/aromatic N) is 2. The van der Waals surface area contributed by atoms with Gasteiger partial charge in [0.15, 0.2) is 0 Å². The fourth-order valence-electron chi connectivity index (χ4n) is 3.03. The third-order valence-corrected chi connectivity index (χ3v) is 4.74. The van der Waals surface area contributed by atoms with Crippen molar-refractivity contribution in [2.24, 2.45) is 0 Å². The summed E-state index contributed by atoms with van der Waals surface area (Å²) in [5.74, 6) is 0.148. The number of hydrogen-bond acceptors (Lipinski definition) is 4. The largest absolute Gasteiger partial charge is 0.418 e. The molecule has 0 saturated heterocycles. The molecule has 4 rings (SSSR count). The van der Waals surface area contributed by atoms with Crippen molar-refractivity contribution in [1.82, 2.24) is 10.2 Å². The van der Waals surface area contributed by atoms with Gasteiger partial charge in [-0.2, -0.15) is 0 Å². The molecule has 0 aliphatic heterocycles. The van der Waals surface area contributed by atoms with Gasteiger partial charge in [0, 0.05) is 5.69 Å². The number of rotatable bonds is 5. The molecule has 140 valence electrons. The van der Waals surface area contributed by atoms with Gasteiger partial charge in [0.1, 0.15) is 11.9 Å². The SMILES string of the molecule is Cc1ccc(NC(c2ccccc2)c2nnc(-c3ccccc3F)o2)cc1C. The molecular formula is C23H20FN3O. The molecule has 0 bridgehead atoms. The van der Waals surface area contributed by atoms with Crippen molar-refractivity contribution in [2.45, 2.75) is 19.9 Å².